The van der Waals surface area contributed by atoms with E-state index >= 15 is 0 Å². The lowest BCUT2D eigenvalue weighted by Gasteiger charge is -2.21. The topological polar surface area (TPSA) is 38.0 Å². The molecule has 3 N–H and O–H groups in total. The normalized spacial score (nSPS) is 12.6. The lowest BCUT2D eigenvalue weighted by Crippen LogP contribution is -2.35. The Morgan fingerprint density at radius 3 is 1.79 bits per heavy atom. The molecule has 0 aromatic heterocycles. The largest absolute Gasteiger partial charge is 0.327 e. The highest BCUT2D eigenvalue weighted by atomic mass is 14.9. The second-order valence-electron chi connectivity index (χ2n) is 4.83. The number of nitrogens with two attached hydrogens (primary N) is 1. The van der Waals surface area contributed by atoms with Crippen LogP contribution in [0.2, 0.25) is 0 Å². The van der Waals surface area contributed by atoms with Crippen molar-refractivity contribution in [2.24, 2.45) is 5.73 Å². The minimum absolute atomic E-state index is 0.204. The van der Waals surface area contributed by atoms with Crippen LogP contribution in [0.3, 0.4) is 0 Å². The first kappa shape index (κ1) is 13.8. The molecule has 0 heterocycles. The molecule has 2 heteroatoms. The molecule has 19 heavy (non-hydrogen) atoms. The van der Waals surface area contributed by atoms with Crippen LogP contribution >= 0.6 is 0 Å². The van der Waals surface area contributed by atoms with E-state index in [1.54, 1.807) is 0 Å². The molecule has 0 bridgehead atoms. The average molecular weight is 254 g/mol. The van der Waals surface area contributed by atoms with Gasteiger partial charge in [-0.2, -0.15) is 0 Å². The molecule has 2 aromatic carbocycles. The van der Waals surface area contributed by atoms with Gasteiger partial charge in [-0.05, 0) is 17.5 Å². The van der Waals surface area contributed by atoms with Crippen LogP contribution in [0, 0.1) is 0 Å². The smallest absolute Gasteiger partial charge is 0.0577 e. The number of benzene rings is 2. The van der Waals surface area contributed by atoms with Gasteiger partial charge >= 0.3 is 0 Å². The highest BCUT2D eigenvalue weighted by Gasteiger charge is 2.13. The Labute approximate surface area is 115 Å². The number of rotatable bonds is 6. The predicted molar refractivity (Wildman–Crippen MR) is 81.0 cm³/mol. The highest BCUT2D eigenvalue weighted by Crippen LogP contribution is 2.21. The van der Waals surface area contributed by atoms with Crippen molar-refractivity contribution >= 4 is 0 Å². The molecule has 0 aliphatic heterocycles. The summed E-state index contributed by atoms with van der Waals surface area (Å²) in [5, 5.41) is 3.58. The van der Waals surface area contributed by atoms with Crippen LogP contribution < -0.4 is 11.1 Å². The summed E-state index contributed by atoms with van der Waals surface area (Å²) < 4.78 is 0. The molecule has 1 atom stereocenters. The third kappa shape index (κ3) is 3.91. The van der Waals surface area contributed by atoms with Gasteiger partial charge in [0.05, 0.1) is 6.04 Å². The van der Waals surface area contributed by atoms with Gasteiger partial charge in [0.2, 0.25) is 0 Å². The Kier molecular flexibility index (Phi) is 5.13. The Hall–Kier alpha value is -1.64. The average Bonchev–Trinajstić information content (AvgIpc) is 2.49. The van der Waals surface area contributed by atoms with Crippen molar-refractivity contribution in [3.8, 4) is 0 Å². The molecule has 0 saturated carbocycles. The standard InChI is InChI=1S/C17H22N2/c1-2-16(18)13-19-17(14-9-5-3-6-10-14)15-11-7-4-8-12-15/h3-12,16-17,19H,2,13,18H2,1H3. The van der Waals surface area contributed by atoms with Gasteiger partial charge in [-0.1, -0.05) is 67.6 Å². The Bertz CT molecular complexity index is 428. The van der Waals surface area contributed by atoms with E-state index in [1.807, 2.05) is 12.1 Å². The van der Waals surface area contributed by atoms with E-state index in [9.17, 15) is 0 Å². The summed E-state index contributed by atoms with van der Waals surface area (Å²) in [4.78, 5) is 0. The fourth-order valence-electron chi connectivity index (χ4n) is 2.13. The van der Waals surface area contributed by atoms with Gasteiger partial charge in [-0.3, -0.25) is 0 Å². The van der Waals surface area contributed by atoms with E-state index in [2.05, 4.69) is 60.8 Å². The number of hydrogen-bond acceptors (Lipinski definition) is 2. The Morgan fingerprint density at radius 2 is 1.37 bits per heavy atom. The quantitative estimate of drug-likeness (QED) is 0.831. The van der Waals surface area contributed by atoms with Crippen LogP contribution in [0.15, 0.2) is 60.7 Å². The van der Waals surface area contributed by atoms with E-state index in [1.165, 1.54) is 11.1 Å². The van der Waals surface area contributed by atoms with Crippen LogP contribution in [0.4, 0.5) is 0 Å². The summed E-state index contributed by atoms with van der Waals surface area (Å²) >= 11 is 0. The van der Waals surface area contributed by atoms with Gasteiger partial charge in [-0.15, -0.1) is 0 Å². The minimum Gasteiger partial charge on any atom is -0.327 e. The molecule has 0 spiro atoms. The van der Waals surface area contributed by atoms with Crippen molar-refractivity contribution in [1.82, 2.24) is 5.32 Å². The summed E-state index contributed by atoms with van der Waals surface area (Å²) in [6, 6.07) is 21.4. The third-order valence-electron chi connectivity index (χ3n) is 3.37. The van der Waals surface area contributed by atoms with Gasteiger partial charge in [0.15, 0.2) is 0 Å². The maximum Gasteiger partial charge on any atom is 0.0577 e. The first-order chi connectivity index (χ1) is 9.31. The Balaban J connectivity index is 2.19. The molecule has 0 aliphatic carbocycles. The summed E-state index contributed by atoms with van der Waals surface area (Å²) in [7, 11) is 0. The van der Waals surface area contributed by atoms with Gasteiger partial charge in [0.25, 0.3) is 0 Å². The van der Waals surface area contributed by atoms with Gasteiger partial charge in [-0.25, -0.2) is 0 Å². The van der Waals surface area contributed by atoms with Crippen molar-refractivity contribution in [2.45, 2.75) is 25.4 Å². The van der Waals surface area contributed by atoms with Crippen molar-refractivity contribution in [1.29, 1.82) is 0 Å². The molecule has 100 valence electrons. The third-order valence-corrected chi connectivity index (χ3v) is 3.37. The number of hydrogen-bond donors (Lipinski definition) is 2. The molecule has 2 rings (SSSR count). The summed E-state index contributed by atoms with van der Waals surface area (Å²) in [6.07, 6.45) is 0.989. The number of nitrogens with one attached hydrogen (secondary N) is 1. The molecule has 0 aliphatic rings. The first-order valence-corrected chi connectivity index (χ1v) is 6.90. The SMILES string of the molecule is CCC(N)CNC(c1ccccc1)c1ccccc1. The van der Waals surface area contributed by atoms with Crippen LogP contribution in [-0.2, 0) is 0 Å². The predicted octanol–water partition coefficient (Wildman–Crippen LogP) is 3.10. The lowest BCUT2D eigenvalue weighted by molar-refractivity contribution is 0.525. The fourth-order valence-corrected chi connectivity index (χ4v) is 2.13. The van der Waals surface area contributed by atoms with Crippen molar-refractivity contribution in [2.75, 3.05) is 6.54 Å². The lowest BCUT2D eigenvalue weighted by atomic mass is 9.98. The monoisotopic (exact) mass is 254 g/mol. The van der Waals surface area contributed by atoms with Crippen LogP contribution in [0.25, 0.3) is 0 Å². The maximum absolute atomic E-state index is 6.01. The zero-order valence-electron chi connectivity index (χ0n) is 11.4. The van der Waals surface area contributed by atoms with Gasteiger partial charge < -0.3 is 11.1 Å². The van der Waals surface area contributed by atoms with Gasteiger partial charge in [0, 0.05) is 12.6 Å². The van der Waals surface area contributed by atoms with Crippen LogP contribution in [0.1, 0.15) is 30.5 Å². The first-order valence-electron chi connectivity index (χ1n) is 6.90. The van der Waals surface area contributed by atoms with E-state index in [4.69, 9.17) is 5.73 Å². The zero-order chi connectivity index (χ0) is 13.5. The van der Waals surface area contributed by atoms with E-state index in [0.717, 1.165) is 13.0 Å². The van der Waals surface area contributed by atoms with Crippen molar-refractivity contribution < 1.29 is 0 Å². The molecule has 0 amide bonds. The summed E-state index contributed by atoms with van der Waals surface area (Å²) in [5.74, 6) is 0. The van der Waals surface area contributed by atoms with Crippen molar-refractivity contribution in [3.63, 3.8) is 0 Å². The van der Waals surface area contributed by atoms with Crippen LogP contribution in [0.5, 0.6) is 0 Å². The molecular formula is C17H22N2. The summed E-state index contributed by atoms with van der Waals surface area (Å²) in [5.41, 5.74) is 8.56. The maximum atomic E-state index is 6.01. The second kappa shape index (κ2) is 7.07. The molecule has 0 saturated heterocycles. The van der Waals surface area contributed by atoms with E-state index in [0.29, 0.717) is 0 Å². The van der Waals surface area contributed by atoms with Crippen LogP contribution in [-0.4, -0.2) is 12.6 Å². The Morgan fingerprint density at radius 1 is 0.895 bits per heavy atom. The fraction of sp³-hybridized carbons (Fsp3) is 0.294. The molecule has 1 unspecified atom stereocenters. The summed E-state index contributed by atoms with van der Waals surface area (Å²) in [6.45, 7) is 2.94. The van der Waals surface area contributed by atoms with Crippen molar-refractivity contribution in [3.05, 3.63) is 71.8 Å². The molecule has 0 radical (unpaired) electrons. The zero-order valence-corrected chi connectivity index (χ0v) is 11.4. The molecule has 2 nitrogen and oxygen atoms in total. The molecular weight excluding hydrogens is 232 g/mol. The molecule has 0 fully saturated rings. The highest BCUT2D eigenvalue weighted by molar-refractivity contribution is 5.31. The molecule has 2 aromatic rings. The van der Waals surface area contributed by atoms with Gasteiger partial charge in [0.1, 0.15) is 0 Å². The van der Waals surface area contributed by atoms with E-state index < -0.39 is 0 Å². The second-order valence-corrected chi connectivity index (χ2v) is 4.83. The van der Waals surface area contributed by atoms with E-state index in [-0.39, 0.29) is 12.1 Å². The minimum atomic E-state index is 0.204.